The number of thiazole rings is 1. The number of aromatic nitrogens is 1. The number of carbonyl (C=O) groups excluding carboxylic acids is 3. The maximum Gasteiger partial charge on any atom is 0.350 e. The summed E-state index contributed by atoms with van der Waals surface area (Å²) in [7, 11) is 0. The van der Waals surface area contributed by atoms with Crippen LogP contribution in [0.3, 0.4) is 0 Å². The summed E-state index contributed by atoms with van der Waals surface area (Å²) in [6.07, 6.45) is 0.847. The average Bonchev–Trinajstić information content (AvgIpc) is 3.39. The van der Waals surface area contributed by atoms with Gasteiger partial charge in [-0.15, -0.1) is 0 Å². The number of nitrogens with zero attached hydrogens (tertiary/aromatic N) is 2. The van der Waals surface area contributed by atoms with Gasteiger partial charge in [0.1, 0.15) is 16.4 Å². The summed E-state index contributed by atoms with van der Waals surface area (Å²) in [6.45, 7) is 7.85. The summed E-state index contributed by atoms with van der Waals surface area (Å²) >= 11 is 7.06. The van der Waals surface area contributed by atoms with Crippen molar-refractivity contribution in [2.45, 2.75) is 40.2 Å². The van der Waals surface area contributed by atoms with E-state index in [9.17, 15) is 19.5 Å². The fraction of sp³-hybridized carbons (Fsp3) is 0.286. The van der Waals surface area contributed by atoms with Crippen molar-refractivity contribution in [2.24, 2.45) is 0 Å². The van der Waals surface area contributed by atoms with E-state index in [1.807, 2.05) is 6.92 Å². The molecule has 1 fully saturated rings. The van der Waals surface area contributed by atoms with Crippen molar-refractivity contribution in [2.75, 3.05) is 18.1 Å². The number of rotatable bonds is 8. The van der Waals surface area contributed by atoms with Gasteiger partial charge in [0.25, 0.3) is 5.78 Å². The van der Waals surface area contributed by atoms with E-state index in [0.29, 0.717) is 39.8 Å². The average molecular weight is 555 g/mol. The Hall–Kier alpha value is -3.69. The second-order valence-corrected chi connectivity index (χ2v) is 10.1. The number of halogens is 1. The molecule has 8 nitrogen and oxygen atoms in total. The Bertz CT molecular complexity index is 1430. The highest BCUT2D eigenvalue weighted by Crippen LogP contribution is 2.44. The number of amides is 1. The number of aliphatic hydroxyl groups is 1. The molecule has 0 spiro atoms. The molecule has 2 aromatic carbocycles. The van der Waals surface area contributed by atoms with Gasteiger partial charge in [0.2, 0.25) is 0 Å². The molecule has 1 aliphatic rings. The third-order valence-electron chi connectivity index (χ3n) is 6.01. The lowest BCUT2D eigenvalue weighted by Gasteiger charge is -2.23. The molecule has 3 aromatic rings. The lowest BCUT2D eigenvalue weighted by molar-refractivity contribution is -0.132. The second-order valence-electron chi connectivity index (χ2n) is 8.68. The number of ketones is 1. The summed E-state index contributed by atoms with van der Waals surface area (Å²) in [6, 6.07) is 10.8. The Balaban J connectivity index is 1.87. The first-order valence-corrected chi connectivity index (χ1v) is 13.3. The maximum atomic E-state index is 13.4. The predicted molar refractivity (Wildman–Crippen MR) is 146 cm³/mol. The van der Waals surface area contributed by atoms with E-state index >= 15 is 0 Å². The van der Waals surface area contributed by atoms with E-state index < -0.39 is 23.7 Å². The zero-order valence-electron chi connectivity index (χ0n) is 21.4. The van der Waals surface area contributed by atoms with Gasteiger partial charge in [-0.2, -0.15) is 0 Å². The van der Waals surface area contributed by atoms with Crippen LogP contribution in [0.15, 0.2) is 48.0 Å². The van der Waals surface area contributed by atoms with Crippen LogP contribution >= 0.6 is 22.9 Å². The van der Waals surface area contributed by atoms with Crippen molar-refractivity contribution in [3.05, 3.63) is 80.3 Å². The predicted octanol–water partition coefficient (Wildman–Crippen LogP) is 6.01. The Morgan fingerprint density at radius 1 is 1.13 bits per heavy atom. The van der Waals surface area contributed by atoms with Crippen LogP contribution in [0, 0.1) is 13.8 Å². The van der Waals surface area contributed by atoms with Crippen LogP contribution in [-0.2, 0) is 14.3 Å². The van der Waals surface area contributed by atoms with Crippen LogP contribution in [-0.4, -0.2) is 41.0 Å². The van der Waals surface area contributed by atoms with E-state index in [0.717, 1.165) is 17.8 Å². The fourth-order valence-electron chi connectivity index (χ4n) is 4.22. The molecule has 0 saturated carbocycles. The summed E-state index contributed by atoms with van der Waals surface area (Å²) in [5.41, 5.74) is 1.90. The Morgan fingerprint density at radius 2 is 1.84 bits per heavy atom. The van der Waals surface area contributed by atoms with Gasteiger partial charge >= 0.3 is 11.9 Å². The van der Waals surface area contributed by atoms with Gasteiger partial charge in [-0.3, -0.25) is 14.5 Å². The van der Waals surface area contributed by atoms with Gasteiger partial charge < -0.3 is 14.6 Å². The molecule has 10 heteroatoms. The highest BCUT2D eigenvalue weighted by atomic mass is 35.5. The molecule has 0 aliphatic carbocycles. The Labute approximate surface area is 229 Å². The molecule has 198 valence electrons. The van der Waals surface area contributed by atoms with Crippen LogP contribution in [0.2, 0.25) is 5.02 Å². The van der Waals surface area contributed by atoms with E-state index in [1.165, 1.54) is 4.90 Å². The molecule has 38 heavy (non-hydrogen) atoms. The molecular weight excluding hydrogens is 528 g/mol. The van der Waals surface area contributed by atoms with Crippen LogP contribution in [0.4, 0.5) is 5.13 Å². The number of aliphatic hydroxyl groups excluding tert-OH is 1. The largest absolute Gasteiger partial charge is 0.507 e. The molecule has 1 unspecified atom stereocenters. The van der Waals surface area contributed by atoms with Crippen molar-refractivity contribution in [3.8, 4) is 5.75 Å². The number of esters is 1. The zero-order chi connectivity index (χ0) is 27.6. The number of aryl methyl sites for hydroxylation is 2. The number of carbonyl (C=O) groups is 3. The highest BCUT2D eigenvalue weighted by molar-refractivity contribution is 7.17. The first-order chi connectivity index (χ1) is 18.2. The second kappa shape index (κ2) is 11.4. The zero-order valence-corrected chi connectivity index (χ0v) is 23.0. The number of ether oxygens (including phenoxy) is 2. The van der Waals surface area contributed by atoms with Crippen LogP contribution in [0.5, 0.6) is 5.75 Å². The minimum Gasteiger partial charge on any atom is -0.507 e. The first kappa shape index (κ1) is 27.3. The minimum absolute atomic E-state index is 0.0896. The molecule has 2 heterocycles. The molecule has 1 atom stereocenters. The molecule has 1 aromatic heterocycles. The molecule has 1 aliphatic heterocycles. The van der Waals surface area contributed by atoms with Crippen molar-refractivity contribution in [3.63, 3.8) is 0 Å². The SMILES string of the molecule is CCCOc1ccc(C(O)=C2C(=O)C(=O)N(c3nc(C)c(C(=O)OCC)s3)C2c2ccc(Cl)cc2)c(C)c1. The number of Topliss-reactive ketones (excluding diaryl/α,β-unsaturated/α-hetero) is 1. The van der Waals surface area contributed by atoms with Gasteiger partial charge in [-0.05, 0) is 68.7 Å². The van der Waals surface area contributed by atoms with Gasteiger partial charge in [-0.1, -0.05) is 42.0 Å². The maximum absolute atomic E-state index is 13.4. The summed E-state index contributed by atoms with van der Waals surface area (Å²) in [5.74, 6) is -1.96. The quantitative estimate of drug-likeness (QED) is 0.157. The highest BCUT2D eigenvalue weighted by Gasteiger charge is 2.48. The topological polar surface area (TPSA) is 106 Å². The summed E-state index contributed by atoms with van der Waals surface area (Å²) < 4.78 is 10.8. The first-order valence-electron chi connectivity index (χ1n) is 12.1. The summed E-state index contributed by atoms with van der Waals surface area (Å²) in [5, 5.41) is 12.1. The standard InChI is InChI=1S/C28H27ClN2O6S/c1-5-13-37-19-11-12-20(15(3)14-19)23(32)21-22(17-7-9-18(29)10-8-17)31(26(34)24(21)33)28-30-16(4)25(38-28)27(35)36-6-2/h7-12,14,22,32H,5-6,13H2,1-4H3. The lowest BCUT2D eigenvalue weighted by atomic mass is 9.94. The van der Waals surface area contributed by atoms with E-state index in [1.54, 1.807) is 63.2 Å². The third kappa shape index (κ3) is 5.16. The lowest BCUT2D eigenvalue weighted by Crippen LogP contribution is -2.29. The third-order valence-corrected chi connectivity index (χ3v) is 7.40. The van der Waals surface area contributed by atoms with Crippen molar-refractivity contribution >= 4 is 51.5 Å². The van der Waals surface area contributed by atoms with Crippen LogP contribution in [0.25, 0.3) is 5.76 Å². The van der Waals surface area contributed by atoms with Gasteiger partial charge in [0.05, 0.1) is 30.5 Å². The number of benzene rings is 2. The van der Waals surface area contributed by atoms with Gasteiger partial charge in [0, 0.05) is 10.6 Å². The normalized spacial score (nSPS) is 16.7. The monoisotopic (exact) mass is 554 g/mol. The van der Waals surface area contributed by atoms with Crippen molar-refractivity contribution < 1.29 is 29.0 Å². The van der Waals surface area contributed by atoms with Crippen LogP contribution < -0.4 is 9.64 Å². The van der Waals surface area contributed by atoms with Gasteiger partial charge in [-0.25, -0.2) is 9.78 Å². The van der Waals surface area contributed by atoms with Crippen LogP contribution in [0.1, 0.15) is 58.4 Å². The smallest absolute Gasteiger partial charge is 0.350 e. The molecule has 4 rings (SSSR count). The Kier molecular flexibility index (Phi) is 8.18. The van der Waals surface area contributed by atoms with E-state index in [-0.39, 0.29) is 27.9 Å². The minimum atomic E-state index is -0.997. The molecule has 0 bridgehead atoms. The molecule has 0 radical (unpaired) electrons. The summed E-state index contributed by atoms with van der Waals surface area (Å²) in [4.78, 5) is 45.1. The van der Waals surface area contributed by atoms with Gasteiger partial charge in [0.15, 0.2) is 5.13 Å². The number of hydrogen-bond donors (Lipinski definition) is 1. The molecule has 1 N–H and O–H groups in total. The van der Waals surface area contributed by atoms with E-state index in [2.05, 4.69) is 4.98 Å². The number of anilines is 1. The van der Waals surface area contributed by atoms with Crippen molar-refractivity contribution in [1.29, 1.82) is 0 Å². The molecular formula is C28H27ClN2O6S. The fourth-order valence-corrected chi connectivity index (χ4v) is 5.33. The number of hydrogen-bond acceptors (Lipinski definition) is 8. The molecule has 1 saturated heterocycles. The van der Waals surface area contributed by atoms with E-state index in [4.69, 9.17) is 21.1 Å². The van der Waals surface area contributed by atoms with Crippen molar-refractivity contribution in [1.82, 2.24) is 4.98 Å². The molecule has 1 amide bonds. The Morgan fingerprint density at radius 3 is 2.47 bits per heavy atom.